The molecule has 0 saturated carbocycles. The van der Waals surface area contributed by atoms with Gasteiger partial charge in [-0.3, -0.25) is 0 Å². The smallest absolute Gasteiger partial charge is 0.247 e. The lowest BCUT2D eigenvalue weighted by atomic mass is 10.2. The molecule has 26 heavy (non-hydrogen) atoms. The third-order valence-corrected chi connectivity index (χ3v) is 4.40. The molecule has 0 unspecified atom stereocenters. The monoisotopic (exact) mass is 347 g/mol. The molecule has 0 atom stereocenters. The maximum atomic E-state index is 4.62. The second kappa shape index (κ2) is 7.77. The van der Waals surface area contributed by atoms with Crippen molar-refractivity contribution in [3.05, 3.63) is 66.5 Å². The summed E-state index contributed by atoms with van der Waals surface area (Å²) in [5, 5.41) is 11.6. The Bertz CT molecular complexity index is 818. The van der Waals surface area contributed by atoms with Crippen LogP contribution >= 0.6 is 0 Å². The average Bonchev–Trinajstić information content (AvgIpc) is 2.74. The van der Waals surface area contributed by atoms with Gasteiger partial charge in [0.25, 0.3) is 0 Å². The second-order valence-corrected chi connectivity index (χ2v) is 6.14. The molecule has 1 saturated heterocycles. The molecule has 1 N–H and O–H groups in total. The van der Waals surface area contributed by atoms with E-state index in [-0.39, 0.29) is 0 Å². The normalized spacial score (nSPS) is 14.3. The molecule has 1 fully saturated rings. The molecular weight excluding hydrogens is 326 g/mol. The molecule has 1 aliphatic heterocycles. The topological polar surface area (TPSA) is 70.1 Å². The molecule has 0 spiro atoms. The fourth-order valence-corrected chi connectivity index (χ4v) is 2.98. The van der Waals surface area contributed by atoms with Crippen LogP contribution in [0.1, 0.15) is 5.56 Å². The molecule has 0 aliphatic carbocycles. The SMILES string of the molecule is c1ccc(CNc2cnnc(N3CCN(c4ccccn4)CC3)n2)cc1. The van der Waals surface area contributed by atoms with E-state index in [1.165, 1.54) is 5.56 Å². The number of nitrogens with one attached hydrogen (secondary N) is 1. The van der Waals surface area contributed by atoms with Crippen molar-refractivity contribution in [1.29, 1.82) is 0 Å². The first-order valence-electron chi connectivity index (χ1n) is 8.77. The van der Waals surface area contributed by atoms with E-state index >= 15 is 0 Å². The van der Waals surface area contributed by atoms with Crippen molar-refractivity contribution in [3.63, 3.8) is 0 Å². The van der Waals surface area contributed by atoms with E-state index in [9.17, 15) is 0 Å². The van der Waals surface area contributed by atoms with Crippen molar-refractivity contribution in [1.82, 2.24) is 20.2 Å². The minimum absolute atomic E-state index is 0.670. The van der Waals surface area contributed by atoms with Crippen LogP contribution in [0, 0.1) is 0 Å². The van der Waals surface area contributed by atoms with Gasteiger partial charge < -0.3 is 15.1 Å². The number of benzene rings is 1. The van der Waals surface area contributed by atoms with Crippen molar-refractivity contribution >= 4 is 17.6 Å². The zero-order valence-electron chi connectivity index (χ0n) is 14.5. The second-order valence-electron chi connectivity index (χ2n) is 6.14. The van der Waals surface area contributed by atoms with E-state index in [1.807, 2.05) is 42.6 Å². The van der Waals surface area contributed by atoms with Crippen molar-refractivity contribution in [2.45, 2.75) is 6.54 Å². The van der Waals surface area contributed by atoms with Crippen LogP contribution in [-0.4, -0.2) is 46.3 Å². The Balaban J connectivity index is 1.36. The standard InChI is InChI=1S/C19H21N7/c1-2-6-16(7-3-1)14-21-17-15-22-24-19(23-17)26-12-10-25(11-13-26)18-8-4-5-9-20-18/h1-9,15H,10-14H2,(H,21,23,24). The van der Waals surface area contributed by atoms with Gasteiger partial charge >= 0.3 is 0 Å². The largest absolute Gasteiger partial charge is 0.365 e. The molecule has 7 heteroatoms. The van der Waals surface area contributed by atoms with Gasteiger partial charge in [-0.25, -0.2) is 4.98 Å². The summed E-state index contributed by atoms with van der Waals surface area (Å²) in [6.45, 7) is 4.19. The van der Waals surface area contributed by atoms with Gasteiger partial charge in [-0.1, -0.05) is 36.4 Å². The Morgan fingerprint density at radius 3 is 2.42 bits per heavy atom. The van der Waals surface area contributed by atoms with E-state index in [4.69, 9.17) is 0 Å². The van der Waals surface area contributed by atoms with Crippen LogP contribution in [0.2, 0.25) is 0 Å². The fourth-order valence-electron chi connectivity index (χ4n) is 2.98. The Morgan fingerprint density at radius 1 is 0.885 bits per heavy atom. The summed E-state index contributed by atoms with van der Waals surface area (Å²) in [6, 6.07) is 16.2. The highest BCUT2D eigenvalue weighted by molar-refractivity contribution is 5.44. The molecule has 3 heterocycles. The first kappa shape index (κ1) is 16.3. The van der Waals surface area contributed by atoms with Gasteiger partial charge in [0.15, 0.2) is 5.82 Å². The van der Waals surface area contributed by atoms with E-state index in [0.29, 0.717) is 12.5 Å². The van der Waals surface area contributed by atoms with Crippen LogP contribution in [0.4, 0.5) is 17.6 Å². The number of pyridine rings is 1. The lowest BCUT2D eigenvalue weighted by Crippen LogP contribution is -2.47. The first-order chi connectivity index (χ1) is 12.9. The molecular formula is C19H21N7. The van der Waals surface area contributed by atoms with Crippen LogP contribution < -0.4 is 15.1 Å². The minimum atomic E-state index is 0.670. The van der Waals surface area contributed by atoms with Crippen LogP contribution in [0.25, 0.3) is 0 Å². The van der Waals surface area contributed by atoms with Crippen molar-refractivity contribution < 1.29 is 0 Å². The zero-order chi connectivity index (χ0) is 17.6. The highest BCUT2D eigenvalue weighted by Crippen LogP contribution is 2.16. The first-order valence-corrected chi connectivity index (χ1v) is 8.77. The van der Waals surface area contributed by atoms with E-state index in [0.717, 1.165) is 37.8 Å². The van der Waals surface area contributed by atoms with Gasteiger partial charge in [0.2, 0.25) is 5.95 Å². The summed E-state index contributed by atoms with van der Waals surface area (Å²) in [7, 11) is 0. The number of rotatable bonds is 5. The number of nitrogens with zero attached hydrogens (tertiary/aromatic N) is 6. The third kappa shape index (κ3) is 3.88. The molecule has 0 amide bonds. The fraction of sp³-hybridized carbons (Fsp3) is 0.263. The van der Waals surface area contributed by atoms with E-state index in [2.05, 4.69) is 47.4 Å². The molecule has 0 bridgehead atoms. The highest BCUT2D eigenvalue weighted by atomic mass is 15.4. The molecule has 4 rings (SSSR count). The molecule has 132 valence electrons. The van der Waals surface area contributed by atoms with E-state index < -0.39 is 0 Å². The van der Waals surface area contributed by atoms with Gasteiger partial charge in [-0.15, -0.1) is 5.10 Å². The number of hydrogen-bond acceptors (Lipinski definition) is 7. The quantitative estimate of drug-likeness (QED) is 0.759. The van der Waals surface area contributed by atoms with Crippen molar-refractivity contribution in [2.24, 2.45) is 0 Å². The minimum Gasteiger partial charge on any atom is -0.365 e. The van der Waals surface area contributed by atoms with Crippen LogP contribution in [0.15, 0.2) is 60.9 Å². The third-order valence-electron chi connectivity index (χ3n) is 4.40. The van der Waals surface area contributed by atoms with Gasteiger partial charge in [-0.2, -0.15) is 10.1 Å². The van der Waals surface area contributed by atoms with Gasteiger partial charge in [0.05, 0.1) is 6.20 Å². The summed E-state index contributed by atoms with van der Waals surface area (Å²) in [4.78, 5) is 13.5. The van der Waals surface area contributed by atoms with Crippen molar-refractivity contribution in [3.8, 4) is 0 Å². The predicted molar refractivity (Wildman–Crippen MR) is 102 cm³/mol. The van der Waals surface area contributed by atoms with Gasteiger partial charge in [0.1, 0.15) is 5.82 Å². The van der Waals surface area contributed by atoms with Crippen molar-refractivity contribution in [2.75, 3.05) is 41.3 Å². The summed E-state index contributed by atoms with van der Waals surface area (Å²) in [5.74, 6) is 2.43. The Kier molecular flexibility index (Phi) is 4.86. The Labute approximate surface area is 152 Å². The van der Waals surface area contributed by atoms with Crippen LogP contribution in [0.5, 0.6) is 0 Å². The molecule has 3 aromatic rings. The Hall–Kier alpha value is -3.22. The lowest BCUT2D eigenvalue weighted by molar-refractivity contribution is 0.630. The van der Waals surface area contributed by atoms with Crippen LogP contribution in [-0.2, 0) is 6.54 Å². The maximum Gasteiger partial charge on any atom is 0.247 e. The highest BCUT2D eigenvalue weighted by Gasteiger charge is 2.20. The molecule has 0 radical (unpaired) electrons. The van der Waals surface area contributed by atoms with Crippen LogP contribution in [0.3, 0.4) is 0 Å². The number of piperazine rings is 1. The maximum absolute atomic E-state index is 4.62. The predicted octanol–water partition coefficient (Wildman–Crippen LogP) is 2.21. The summed E-state index contributed by atoms with van der Waals surface area (Å²) < 4.78 is 0. The van der Waals surface area contributed by atoms with E-state index in [1.54, 1.807) is 6.20 Å². The summed E-state index contributed by atoms with van der Waals surface area (Å²) in [6.07, 6.45) is 3.49. The molecule has 1 aromatic carbocycles. The Morgan fingerprint density at radius 2 is 1.65 bits per heavy atom. The number of anilines is 3. The lowest BCUT2D eigenvalue weighted by Gasteiger charge is -2.35. The van der Waals surface area contributed by atoms with Gasteiger partial charge in [0, 0.05) is 38.9 Å². The molecule has 7 nitrogen and oxygen atoms in total. The summed E-state index contributed by atoms with van der Waals surface area (Å²) >= 11 is 0. The molecule has 1 aliphatic rings. The zero-order valence-corrected chi connectivity index (χ0v) is 14.5. The number of hydrogen-bond donors (Lipinski definition) is 1. The summed E-state index contributed by atoms with van der Waals surface area (Å²) in [5.41, 5.74) is 1.21. The number of aromatic nitrogens is 4. The molecule has 2 aromatic heterocycles. The average molecular weight is 347 g/mol. The van der Waals surface area contributed by atoms with Gasteiger partial charge in [-0.05, 0) is 17.7 Å².